The van der Waals surface area contributed by atoms with Crippen molar-refractivity contribution in [2.24, 2.45) is 17.8 Å². The van der Waals surface area contributed by atoms with E-state index < -0.39 is 0 Å². The highest BCUT2D eigenvalue weighted by Crippen LogP contribution is 2.48. The average molecular weight is 326 g/mol. The Bertz CT molecular complexity index is 662. The molecule has 126 valence electrons. The molecule has 0 radical (unpaired) electrons. The minimum absolute atomic E-state index is 0.0224. The molecule has 2 fully saturated rings. The van der Waals surface area contributed by atoms with Gasteiger partial charge in [0, 0.05) is 12.5 Å². The molecule has 1 aromatic rings. The normalized spacial score (nSPS) is 27.5. The predicted molar refractivity (Wildman–Crippen MR) is 87.7 cm³/mol. The van der Waals surface area contributed by atoms with Crippen LogP contribution in [-0.2, 0) is 20.7 Å². The van der Waals surface area contributed by atoms with Gasteiger partial charge >= 0.3 is 5.97 Å². The van der Waals surface area contributed by atoms with E-state index in [4.69, 9.17) is 10.00 Å². The molecule has 1 amide bonds. The molecule has 0 aromatic heterocycles. The van der Waals surface area contributed by atoms with Crippen LogP contribution in [0.2, 0.25) is 0 Å². The van der Waals surface area contributed by atoms with Gasteiger partial charge in [0.05, 0.1) is 24.7 Å². The number of amides is 1. The number of benzene rings is 1. The molecule has 0 aliphatic heterocycles. The lowest BCUT2D eigenvalue weighted by atomic mass is 9.84. The number of carbonyl (C=O) groups excluding carboxylic acids is 2. The zero-order chi connectivity index (χ0) is 17.1. The third kappa shape index (κ3) is 3.28. The van der Waals surface area contributed by atoms with Crippen LogP contribution >= 0.6 is 0 Å². The molecular formula is C19H22N2O3. The maximum Gasteiger partial charge on any atom is 0.311 e. The van der Waals surface area contributed by atoms with E-state index in [9.17, 15) is 9.59 Å². The van der Waals surface area contributed by atoms with Crippen molar-refractivity contribution in [1.29, 1.82) is 5.26 Å². The monoisotopic (exact) mass is 326 g/mol. The number of fused-ring (bicyclic) bond motifs is 2. The van der Waals surface area contributed by atoms with Crippen molar-refractivity contribution in [2.45, 2.75) is 38.1 Å². The van der Waals surface area contributed by atoms with Gasteiger partial charge in [-0.15, -0.1) is 0 Å². The summed E-state index contributed by atoms with van der Waals surface area (Å²) in [5.41, 5.74) is 1.65. The first-order valence-corrected chi connectivity index (χ1v) is 8.48. The summed E-state index contributed by atoms with van der Waals surface area (Å²) in [5, 5.41) is 11.9. The minimum atomic E-state index is -0.195. The quantitative estimate of drug-likeness (QED) is 0.841. The van der Waals surface area contributed by atoms with E-state index in [0.29, 0.717) is 30.2 Å². The van der Waals surface area contributed by atoms with Crippen molar-refractivity contribution in [3.8, 4) is 6.07 Å². The summed E-state index contributed by atoms with van der Waals surface area (Å²) in [5.74, 6) is 0.349. The number of nitrogens with one attached hydrogen (secondary N) is 1. The molecule has 2 saturated carbocycles. The molecule has 3 rings (SSSR count). The lowest BCUT2D eigenvalue weighted by Gasteiger charge is -2.29. The van der Waals surface area contributed by atoms with Crippen LogP contribution in [0.3, 0.4) is 0 Å². The van der Waals surface area contributed by atoms with Crippen molar-refractivity contribution in [1.82, 2.24) is 5.32 Å². The van der Waals surface area contributed by atoms with Crippen LogP contribution < -0.4 is 5.32 Å². The van der Waals surface area contributed by atoms with Crippen LogP contribution in [0.1, 0.15) is 36.8 Å². The number of aryl methyl sites for hydroxylation is 1. The van der Waals surface area contributed by atoms with Gasteiger partial charge in [0.15, 0.2) is 0 Å². The van der Waals surface area contributed by atoms with Crippen LogP contribution in [-0.4, -0.2) is 25.0 Å². The third-order valence-electron chi connectivity index (χ3n) is 5.44. The highest BCUT2D eigenvalue weighted by molar-refractivity contribution is 5.79. The molecule has 0 saturated heterocycles. The smallest absolute Gasteiger partial charge is 0.311 e. The van der Waals surface area contributed by atoms with Crippen LogP contribution in [0.15, 0.2) is 24.3 Å². The van der Waals surface area contributed by atoms with Crippen molar-refractivity contribution < 1.29 is 14.3 Å². The fourth-order valence-electron chi connectivity index (χ4n) is 4.24. The predicted octanol–water partition coefficient (Wildman–Crippen LogP) is 2.19. The molecule has 1 N–H and O–H groups in total. The summed E-state index contributed by atoms with van der Waals surface area (Å²) in [6.07, 6.45) is 4.16. The number of nitriles is 1. The summed E-state index contributed by atoms with van der Waals surface area (Å²) < 4.78 is 4.93. The van der Waals surface area contributed by atoms with E-state index in [0.717, 1.165) is 24.8 Å². The fraction of sp³-hybridized carbons (Fsp3) is 0.526. The van der Waals surface area contributed by atoms with Gasteiger partial charge in [0.25, 0.3) is 0 Å². The Balaban J connectivity index is 1.56. The van der Waals surface area contributed by atoms with Gasteiger partial charge < -0.3 is 10.1 Å². The minimum Gasteiger partial charge on any atom is -0.469 e. The Morgan fingerprint density at radius 1 is 1.25 bits per heavy atom. The molecule has 1 aromatic carbocycles. The highest BCUT2D eigenvalue weighted by atomic mass is 16.5. The number of hydrogen-bond donors (Lipinski definition) is 1. The van der Waals surface area contributed by atoms with Crippen LogP contribution in [0.25, 0.3) is 0 Å². The topological polar surface area (TPSA) is 79.2 Å². The summed E-state index contributed by atoms with van der Waals surface area (Å²) in [4.78, 5) is 24.3. The molecule has 5 nitrogen and oxygen atoms in total. The van der Waals surface area contributed by atoms with Crippen LogP contribution in [0.5, 0.6) is 0 Å². The first-order chi connectivity index (χ1) is 11.6. The number of carbonyl (C=O) groups is 2. The molecule has 24 heavy (non-hydrogen) atoms. The number of nitrogens with zero attached hydrogens (tertiary/aromatic N) is 1. The summed E-state index contributed by atoms with van der Waals surface area (Å²) >= 11 is 0. The summed E-state index contributed by atoms with van der Waals surface area (Å²) in [7, 11) is 1.41. The Labute approximate surface area is 142 Å². The molecule has 5 heteroatoms. The van der Waals surface area contributed by atoms with E-state index in [-0.39, 0.29) is 23.8 Å². The van der Waals surface area contributed by atoms with Crippen molar-refractivity contribution in [3.05, 3.63) is 35.4 Å². The third-order valence-corrected chi connectivity index (χ3v) is 5.44. The second-order valence-corrected chi connectivity index (χ2v) is 6.78. The van der Waals surface area contributed by atoms with Crippen LogP contribution in [0, 0.1) is 29.1 Å². The molecular weight excluding hydrogens is 304 g/mol. The fourth-order valence-corrected chi connectivity index (χ4v) is 4.24. The van der Waals surface area contributed by atoms with Gasteiger partial charge in [-0.1, -0.05) is 12.1 Å². The Kier molecular flexibility index (Phi) is 4.84. The Morgan fingerprint density at radius 3 is 2.62 bits per heavy atom. The number of ether oxygens (including phenoxy) is 1. The number of esters is 1. The van der Waals surface area contributed by atoms with Crippen molar-refractivity contribution >= 4 is 11.9 Å². The Hall–Kier alpha value is -2.35. The summed E-state index contributed by atoms with van der Waals surface area (Å²) in [6, 6.07) is 9.27. The second kappa shape index (κ2) is 7.04. The zero-order valence-electron chi connectivity index (χ0n) is 13.8. The van der Waals surface area contributed by atoms with E-state index in [1.54, 1.807) is 12.1 Å². The number of rotatable bonds is 5. The van der Waals surface area contributed by atoms with Crippen molar-refractivity contribution in [2.75, 3.05) is 7.11 Å². The number of methoxy groups -OCH3 is 1. The van der Waals surface area contributed by atoms with Crippen LogP contribution in [0.4, 0.5) is 0 Å². The maximum absolute atomic E-state index is 12.3. The van der Waals surface area contributed by atoms with Gasteiger partial charge in [0.2, 0.25) is 5.91 Å². The average Bonchev–Trinajstić information content (AvgIpc) is 3.21. The maximum atomic E-state index is 12.3. The molecule has 0 unspecified atom stereocenters. The molecule has 2 aliphatic carbocycles. The van der Waals surface area contributed by atoms with E-state index >= 15 is 0 Å². The lowest BCUT2D eigenvalue weighted by molar-refractivity contribution is -0.148. The molecule has 2 aliphatic rings. The van der Waals surface area contributed by atoms with Gasteiger partial charge in [-0.3, -0.25) is 9.59 Å². The first-order valence-electron chi connectivity index (χ1n) is 8.48. The van der Waals surface area contributed by atoms with Gasteiger partial charge in [-0.2, -0.15) is 5.26 Å². The second-order valence-electron chi connectivity index (χ2n) is 6.78. The molecule has 0 heterocycles. The van der Waals surface area contributed by atoms with Gasteiger partial charge in [-0.05, 0) is 55.2 Å². The zero-order valence-corrected chi connectivity index (χ0v) is 13.8. The van der Waals surface area contributed by atoms with Gasteiger partial charge in [-0.25, -0.2) is 0 Å². The highest BCUT2D eigenvalue weighted by Gasteiger charge is 2.51. The molecule has 4 atom stereocenters. The lowest BCUT2D eigenvalue weighted by Crippen LogP contribution is -2.47. The SMILES string of the molecule is COC(=O)[C@H]1[C@H]2CC[C@@H](C2)[C@H]1NC(=O)CCc1ccc(C#N)cc1. The first kappa shape index (κ1) is 16.5. The number of hydrogen-bond acceptors (Lipinski definition) is 4. The van der Waals surface area contributed by atoms with E-state index in [1.165, 1.54) is 7.11 Å². The largest absolute Gasteiger partial charge is 0.469 e. The molecule has 0 spiro atoms. The van der Waals surface area contributed by atoms with Gasteiger partial charge in [0.1, 0.15) is 0 Å². The standard InChI is InChI=1S/C19H22N2O3/c1-24-19(23)17-14-7-8-15(10-14)18(17)21-16(22)9-6-12-2-4-13(11-20)5-3-12/h2-5,14-15,17-18H,6-10H2,1H3,(H,21,22)/t14-,15-,17-,18+/m0/s1. The summed E-state index contributed by atoms with van der Waals surface area (Å²) in [6.45, 7) is 0. The molecule has 2 bridgehead atoms. The Morgan fingerprint density at radius 2 is 1.96 bits per heavy atom. The van der Waals surface area contributed by atoms with E-state index in [2.05, 4.69) is 11.4 Å². The van der Waals surface area contributed by atoms with E-state index in [1.807, 2.05) is 12.1 Å². The van der Waals surface area contributed by atoms with Crippen molar-refractivity contribution in [3.63, 3.8) is 0 Å².